The smallest absolute Gasteiger partial charge is 0.176 e. The summed E-state index contributed by atoms with van der Waals surface area (Å²) in [5.41, 5.74) is 6.05. The highest BCUT2D eigenvalue weighted by Crippen LogP contribution is 2.41. The van der Waals surface area contributed by atoms with Gasteiger partial charge in [-0.3, -0.25) is 9.78 Å². The summed E-state index contributed by atoms with van der Waals surface area (Å²) in [7, 11) is 1.49. The van der Waals surface area contributed by atoms with Crippen LogP contribution >= 0.6 is 11.6 Å². The summed E-state index contributed by atoms with van der Waals surface area (Å²) in [6.45, 7) is 2.19. The molecule has 3 aromatic carbocycles. The van der Waals surface area contributed by atoms with E-state index in [-0.39, 0.29) is 22.5 Å². The number of fused-ring (bicyclic) bond motifs is 1. The van der Waals surface area contributed by atoms with E-state index in [9.17, 15) is 9.90 Å². The molecule has 0 aliphatic heterocycles. The number of ether oxygens (including phenoxy) is 1. The van der Waals surface area contributed by atoms with E-state index < -0.39 is 0 Å². The SMILES string of the molecule is CCCCc1ccc(Nc2c(C(=O)C3CC3)cnc3ccc(-c4cc(Cl)c(O)c(OC)c4)cc23)cc1. The molecule has 184 valence electrons. The van der Waals surface area contributed by atoms with Gasteiger partial charge in [-0.25, -0.2) is 0 Å². The Labute approximate surface area is 216 Å². The van der Waals surface area contributed by atoms with Crippen LogP contribution in [0, 0.1) is 5.92 Å². The minimum atomic E-state index is -0.0903. The minimum Gasteiger partial charge on any atom is -0.503 e. The Morgan fingerprint density at radius 3 is 2.58 bits per heavy atom. The summed E-state index contributed by atoms with van der Waals surface area (Å²) < 4.78 is 5.29. The summed E-state index contributed by atoms with van der Waals surface area (Å²) in [5, 5.41) is 14.7. The van der Waals surface area contributed by atoms with Crippen LogP contribution in [0.15, 0.2) is 60.8 Å². The number of phenolic OH excluding ortho intramolecular Hbond substituents is 1. The van der Waals surface area contributed by atoms with E-state index in [4.69, 9.17) is 16.3 Å². The molecule has 0 radical (unpaired) electrons. The lowest BCUT2D eigenvalue weighted by Crippen LogP contribution is -2.07. The average Bonchev–Trinajstić information content (AvgIpc) is 3.75. The van der Waals surface area contributed by atoms with Crippen molar-refractivity contribution in [1.29, 1.82) is 0 Å². The van der Waals surface area contributed by atoms with Crippen LogP contribution in [-0.4, -0.2) is 23.0 Å². The fraction of sp³-hybridized carbons (Fsp3) is 0.267. The number of ketones is 1. The first-order chi connectivity index (χ1) is 17.5. The molecule has 1 heterocycles. The molecule has 36 heavy (non-hydrogen) atoms. The number of carbonyl (C=O) groups excluding carboxylic acids is 1. The second kappa shape index (κ2) is 10.2. The molecule has 0 spiro atoms. The Kier molecular flexibility index (Phi) is 6.84. The number of rotatable bonds is 9. The standard InChI is InChI=1S/C30H29ClN2O3/c1-3-4-5-18-6-11-22(12-7-18)33-28-23-14-20(21-15-25(31)30(35)27(16-21)36-2)10-13-26(23)32-17-24(28)29(34)19-8-9-19/h6-7,10-17,19,35H,3-5,8-9H2,1-2H3,(H,32,33). The highest BCUT2D eigenvalue weighted by atomic mass is 35.5. The maximum Gasteiger partial charge on any atom is 0.176 e. The molecule has 0 unspecified atom stereocenters. The molecule has 1 aliphatic rings. The first kappa shape index (κ1) is 24.1. The van der Waals surface area contributed by atoms with Gasteiger partial charge in [0.05, 0.1) is 28.9 Å². The number of pyridine rings is 1. The molecule has 5 nitrogen and oxygen atoms in total. The largest absolute Gasteiger partial charge is 0.503 e. The van der Waals surface area contributed by atoms with E-state index >= 15 is 0 Å². The zero-order chi connectivity index (χ0) is 25.2. The Hall–Kier alpha value is -3.57. The van der Waals surface area contributed by atoms with Gasteiger partial charge in [0.15, 0.2) is 17.3 Å². The number of hydrogen-bond donors (Lipinski definition) is 2. The second-order valence-corrected chi connectivity index (χ2v) is 9.76. The van der Waals surface area contributed by atoms with Crippen molar-refractivity contribution in [1.82, 2.24) is 4.98 Å². The topological polar surface area (TPSA) is 71.5 Å². The van der Waals surface area contributed by atoms with Crippen molar-refractivity contribution < 1.29 is 14.6 Å². The van der Waals surface area contributed by atoms with Gasteiger partial charge in [0.25, 0.3) is 0 Å². The normalized spacial score (nSPS) is 13.1. The van der Waals surface area contributed by atoms with Crippen LogP contribution in [0.3, 0.4) is 0 Å². The molecule has 1 aromatic heterocycles. The fourth-order valence-electron chi connectivity index (χ4n) is 4.44. The van der Waals surface area contributed by atoms with Crippen LogP contribution in [0.5, 0.6) is 11.5 Å². The van der Waals surface area contributed by atoms with Crippen LogP contribution in [-0.2, 0) is 6.42 Å². The molecular weight excluding hydrogens is 472 g/mol. The quantitative estimate of drug-likeness (QED) is 0.228. The van der Waals surface area contributed by atoms with Gasteiger partial charge < -0.3 is 15.2 Å². The zero-order valence-corrected chi connectivity index (χ0v) is 21.2. The van der Waals surface area contributed by atoms with Gasteiger partial charge in [0.2, 0.25) is 0 Å². The van der Waals surface area contributed by atoms with Gasteiger partial charge in [-0.1, -0.05) is 43.1 Å². The predicted molar refractivity (Wildman–Crippen MR) is 146 cm³/mol. The van der Waals surface area contributed by atoms with Crippen molar-refractivity contribution in [2.24, 2.45) is 5.92 Å². The van der Waals surface area contributed by atoms with E-state index in [1.54, 1.807) is 18.3 Å². The number of Topliss-reactive ketones (excluding diaryl/α,β-unsaturated/α-hetero) is 1. The molecule has 1 aliphatic carbocycles. The van der Waals surface area contributed by atoms with E-state index in [1.165, 1.54) is 12.7 Å². The van der Waals surface area contributed by atoms with Gasteiger partial charge in [0.1, 0.15) is 0 Å². The molecule has 1 saturated carbocycles. The number of carbonyl (C=O) groups is 1. The summed E-state index contributed by atoms with van der Waals surface area (Å²) in [6, 6.07) is 17.8. The number of anilines is 2. The zero-order valence-electron chi connectivity index (χ0n) is 20.5. The molecule has 0 saturated heterocycles. The first-order valence-corrected chi connectivity index (χ1v) is 12.8. The Morgan fingerprint density at radius 1 is 1.11 bits per heavy atom. The fourth-order valence-corrected chi connectivity index (χ4v) is 4.65. The van der Waals surface area contributed by atoms with Gasteiger partial charge in [-0.05, 0) is 78.8 Å². The summed E-state index contributed by atoms with van der Waals surface area (Å²) in [6.07, 6.45) is 6.93. The number of benzene rings is 3. The number of aromatic hydroxyl groups is 1. The number of nitrogens with one attached hydrogen (secondary N) is 1. The van der Waals surface area contributed by atoms with Gasteiger partial charge in [0, 0.05) is 23.2 Å². The molecule has 4 aromatic rings. The van der Waals surface area contributed by atoms with Crippen molar-refractivity contribution in [3.63, 3.8) is 0 Å². The second-order valence-electron chi connectivity index (χ2n) is 9.35. The summed E-state index contributed by atoms with van der Waals surface area (Å²) >= 11 is 6.26. The molecular formula is C30H29ClN2O3. The number of aromatic nitrogens is 1. The lowest BCUT2D eigenvalue weighted by atomic mass is 9.98. The van der Waals surface area contributed by atoms with Crippen LogP contribution in [0.25, 0.3) is 22.0 Å². The minimum absolute atomic E-state index is 0.0737. The van der Waals surface area contributed by atoms with Gasteiger partial charge in [-0.2, -0.15) is 0 Å². The van der Waals surface area contributed by atoms with E-state index in [0.717, 1.165) is 65.5 Å². The van der Waals surface area contributed by atoms with Crippen LogP contribution in [0.4, 0.5) is 11.4 Å². The van der Waals surface area contributed by atoms with E-state index in [0.29, 0.717) is 11.3 Å². The van der Waals surface area contributed by atoms with Crippen LogP contribution < -0.4 is 10.1 Å². The molecule has 0 atom stereocenters. The molecule has 1 fully saturated rings. The van der Waals surface area contributed by atoms with Crippen molar-refractivity contribution in [2.45, 2.75) is 39.0 Å². The molecule has 0 bridgehead atoms. The monoisotopic (exact) mass is 500 g/mol. The van der Waals surface area contributed by atoms with E-state index in [1.807, 2.05) is 18.2 Å². The third kappa shape index (κ3) is 4.89. The molecule has 0 amide bonds. The summed E-state index contributed by atoms with van der Waals surface area (Å²) in [4.78, 5) is 17.8. The predicted octanol–water partition coefficient (Wildman–Crippen LogP) is 7.95. The van der Waals surface area contributed by atoms with Crippen molar-refractivity contribution in [2.75, 3.05) is 12.4 Å². The van der Waals surface area contributed by atoms with Gasteiger partial charge >= 0.3 is 0 Å². The Bertz CT molecular complexity index is 1430. The number of methoxy groups -OCH3 is 1. The van der Waals surface area contributed by atoms with Gasteiger partial charge in [-0.15, -0.1) is 0 Å². The lowest BCUT2D eigenvalue weighted by Gasteiger charge is -2.16. The van der Waals surface area contributed by atoms with Crippen molar-refractivity contribution in [3.8, 4) is 22.6 Å². The maximum absolute atomic E-state index is 13.2. The lowest BCUT2D eigenvalue weighted by molar-refractivity contribution is 0.0968. The number of hydrogen-bond acceptors (Lipinski definition) is 5. The number of aryl methyl sites for hydroxylation is 1. The molecule has 5 rings (SSSR count). The number of halogens is 1. The van der Waals surface area contributed by atoms with Crippen LogP contribution in [0.1, 0.15) is 48.5 Å². The Balaban J connectivity index is 1.61. The van der Waals surface area contributed by atoms with Crippen LogP contribution in [0.2, 0.25) is 5.02 Å². The highest BCUT2D eigenvalue weighted by molar-refractivity contribution is 6.32. The van der Waals surface area contributed by atoms with Crippen molar-refractivity contribution >= 4 is 39.7 Å². The highest BCUT2D eigenvalue weighted by Gasteiger charge is 2.32. The average molecular weight is 501 g/mol. The van der Waals surface area contributed by atoms with E-state index in [2.05, 4.69) is 41.5 Å². The third-order valence-corrected chi connectivity index (χ3v) is 6.99. The Morgan fingerprint density at radius 2 is 1.89 bits per heavy atom. The molecule has 6 heteroatoms. The first-order valence-electron chi connectivity index (χ1n) is 12.4. The number of unbranched alkanes of at least 4 members (excludes halogenated alkanes) is 1. The third-order valence-electron chi connectivity index (χ3n) is 6.71. The molecule has 2 N–H and O–H groups in total. The summed E-state index contributed by atoms with van der Waals surface area (Å²) in [5.74, 6) is 0.415. The maximum atomic E-state index is 13.2. The van der Waals surface area contributed by atoms with Crippen molar-refractivity contribution in [3.05, 3.63) is 76.9 Å². The number of nitrogens with zero attached hydrogens (tertiary/aromatic N) is 1. The number of phenols is 1.